The Morgan fingerprint density at radius 2 is 1.62 bits per heavy atom. The number of aryl methyl sites for hydroxylation is 1. The molecular weight excluding hydrogens is 431 g/mol. The van der Waals surface area contributed by atoms with E-state index in [9.17, 15) is 9.18 Å². The average Bonchev–Trinajstić information content (AvgIpc) is 2.86. The van der Waals surface area contributed by atoms with Crippen LogP contribution in [0.5, 0.6) is 5.75 Å². The molecule has 1 heterocycles. The lowest BCUT2D eigenvalue weighted by Crippen LogP contribution is -2.39. The van der Waals surface area contributed by atoms with Crippen LogP contribution in [-0.4, -0.2) is 25.5 Å². The molecule has 0 amide bonds. The number of hydrogen-bond acceptors (Lipinski definition) is 4. The maximum Gasteiger partial charge on any atom is 0.314 e. The van der Waals surface area contributed by atoms with Crippen molar-refractivity contribution in [2.45, 2.75) is 110 Å². The van der Waals surface area contributed by atoms with Crippen molar-refractivity contribution < 1.29 is 23.4 Å². The standard InChI is InChI=1S/C29H45FO4/c1-3-5-7-8-10-11-22-13-18-27(26(30)19-22)34-28(31)24-14-16-25(17-15-24)29-32-20-23(21-33-29)12-9-6-4-2/h13,18-19,23-25,29H,3-12,14-17,20-21H2,1-2H3. The second kappa shape index (κ2) is 14.8. The van der Waals surface area contributed by atoms with Crippen molar-refractivity contribution in [3.63, 3.8) is 0 Å². The molecule has 2 aliphatic rings. The Kier molecular flexibility index (Phi) is 11.8. The minimum atomic E-state index is -0.439. The molecule has 1 aromatic rings. The molecule has 1 aromatic carbocycles. The number of ether oxygens (including phenoxy) is 3. The molecule has 1 saturated carbocycles. The van der Waals surface area contributed by atoms with Crippen molar-refractivity contribution >= 4 is 5.97 Å². The zero-order valence-electron chi connectivity index (χ0n) is 21.4. The van der Waals surface area contributed by atoms with Crippen LogP contribution in [0, 0.1) is 23.6 Å². The summed E-state index contributed by atoms with van der Waals surface area (Å²) >= 11 is 0. The molecule has 34 heavy (non-hydrogen) atoms. The number of halogens is 1. The van der Waals surface area contributed by atoms with E-state index >= 15 is 0 Å². The van der Waals surface area contributed by atoms with Crippen LogP contribution < -0.4 is 4.74 Å². The van der Waals surface area contributed by atoms with Gasteiger partial charge in [-0.3, -0.25) is 4.79 Å². The van der Waals surface area contributed by atoms with E-state index in [1.54, 1.807) is 6.07 Å². The normalized spacial score (nSPS) is 25.3. The predicted octanol–water partition coefficient (Wildman–Crippen LogP) is 7.62. The third kappa shape index (κ3) is 8.64. The van der Waals surface area contributed by atoms with Crippen molar-refractivity contribution in [2.24, 2.45) is 17.8 Å². The van der Waals surface area contributed by atoms with Gasteiger partial charge in [-0.1, -0.05) is 64.9 Å². The molecule has 0 aromatic heterocycles. The molecule has 2 fully saturated rings. The molecule has 0 radical (unpaired) electrons. The van der Waals surface area contributed by atoms with Crippen LogP contribution in [0.3, 0.4) is 0 Å². The van der Waals surface area contributed by atoms with Crippen LogP contribution in [0.4, 0.5) is 4.39 Å². The Morgan fingerprint density at radius 1 is 0.941 bits per heavy atom. The average molecular weight is 477 g/mol. The Hall–Kier alpha value is -1.46. The number of rotatable bonds is 13. The van der Waals surface area contributed by atoms with E-state index in [0.29, 0.717) is 11.8 Å². The van der Waals surface area contributed by atoms with Crippen molar-refractivity contribution in [2.75, 3.05) is 13.2 Å². The monoisotopic (exact) mass is 476 g/mol. The first-order valence-corrected chi connectivity index (χ1v) is 13.8. The van der Waals surface area contributed by atoms with Gasteiger partial charge in [-0.15, -0.1) is 0 Å². The molecule has 0 N–H and O–H groups in total. The van der Waals surface area contributed by atoms with Gasteiger partial charge in [-0.25, -0.2) is 4.39 Å². The lowest BCUT2D eigenvalue weighted by Gasteiger charge is -2.37. The van der Waals surface area contributed by atoms with Gasteiger partial charge in [0.1, 0.15) is 0 Å². The largest absolute Gasteiger partial charge is 0.423 e. The number of carbonyl (C=O) groups excluding carboxylic acids is 1. The minimum absolute atomic E-state index is 0.0509. The topological polar surface area (TPSA) is 44.8 Å². The fourth-order valence-electron chi connectivity index (χ4n) is 5.21. The summed E-state index contributed by atoms with van der Waals surface area (Å²) in [5.41, 5.74) is 0.967. The number of esters is 1. The molecule has 192 valence electrons. The Balaban J connectivity index is 1.37. The van der Waals surface area contributed by atoms with E-state index in [2.05, 4.69) is 13.8 Å². The summed E-state index contributed by atoms with van der Waals surface area (Å²) in [7, 11) is 0. The van der Waals surface area contributed by atoms with Crippen LogP contribution in [0.1, 0.15) is 103 Å². The first-order valence-electron chi connectivity index (χ1n) is 13.8. The van der Waals surface area contributed by atoms with Gasteiger partial charge in [0.15, 0.2) is 17.9 Å². The van der Waals surface area contributed by atoms with E-state index in [4.69, 9.17) is 14.2 Å². The molecule has 0 bridgehead atoms. The smallest absolute Gasteiger partial charge is 0.314 e. The highest BCUT2D eigenvalue weighted by Gasteiger charge is 2.35. The van der Waals surface area contributed by atoms with Crippen LogP contribution in [0.25, 0.3) is 0 Å². The zero-order chi connectivity index (χ0) is 24.2. The fraction of sp³-hybridized carbons (Fsp3) is 0.759. The summed E-state index contributed by atoms with van der Waals surface area (Å²) in [5.74, 6) is -0.0450. The highest BCUT2D eigenvalue weighted by Crippen LogP contribution is 2.35. The predicted molar refractivity (Wildman–Crippen MR) is 133 cm³/mol. The molecule has 0 unspecified atom stereocenters. The quantitative estimate of drug-likeness (QED) is 0.167. The van der Waals surface area contributed by atoms with E-state index in [1.807, 2.05) is 6.07 Å². The molecule has 0 spiro atoms. The van der Waals surface area contributed by atoms with Gasteiger partial charge >= 0.3 is 5.97 Å². The van der Waals surface area contributed by atoms with E-state index in [1.165, 1.54) is 57.4 Å². The molecule has 1 aliphatic carbocycles. The molecular formula is C29H45FO4. The molecule has 0 atom stereocenters. The van der Waals surface area contributed by atoms with Gasteiger partial charge < -0.3 is 14.2 Å². The zero-order valence-corrected chi connectivity index (χ0v) is 21.4. The van der Waals surface area contributed by atoms with Crippen LogP contribution >= 0.6 is 0 Å². The first kappa shape index (κ1) is 27.1. The van der Waals surface area contributed by atoms with Gasteiger partial charge in [0.05, 0.1) is 19.1 Å². The van der Waals surface area contributed by atoms with E-state index in [-0.39, 0.29) is 23.9 Å². The summed E-state index contributed by atoms with van der Waals surface area (Å²) in [6, 6.07) is 5.02. The second-order valence-corrected chi connectivity index (χ2v) is 10.4. The number of hydrogen-bond donors (Lipinski definition) is 0. The maximum absolute atomic E-state index is 14.5. The summed E-state index contributed by atoms with van der Waals surface area (Å²) in [5, 5.41) is 0. The Labute approximate surface area is 205 Å². The third-order valence-corrected chi connectivity index (χ3v) is 7.47. The number of unbranched alkanes of at least 4 members (excludes halogenated alkanes) is 6. The third-order valence-electron chi connectivity index (χ3n) is 7.47. The summed E-state index contributed by atoms with van der Waals surface area (Å²) in [4.78, 5) is 12.7. The van der Waals surface area contributed by atoms with Gasteiger partial charge in [-0.2, -0.15) is 0 Å². The highest BCUT2D eigenvalue weighted by atomic mass is 19.1. The molecule has 3 rings (SSSR count). The van der Waals surface area contributed by atoms with Crippen LogP contribution in [0.2, 0.25) is 0 Å². The maximum atomic E-state index is 14.5. The van der Waals surface area contributed by atoms with Crippen molar-refractivity contribution in [3.8, 4) is 5.75 Å². The van der Waals surface area contributed by atoms with Crippen molar-refractivity contribution in [1.82, 2.24) is 0 Å². The summed E-state index contributed by atoms with van der Waals surface area (Å²) in [6.07, 6.45) is 14.8. The Morgan fingerprint density at radius 3 is 2.29 bits per heavy atom. The van der Waals surface area contributed by atoms with Crippen LogP contribution in [-0.2, 0) is 20.7 Å². The molecule has 1 saturated heterocycles. The SMILES string of the molecule is CCCCCCCc1ccc(OC(=O)C2CCC(C3OCC(CCCCC)CO3)CC2)c(F)c1. The second-order valence-electron chi connectivity index (χ2n) is 10.4. The lowest BCUT2D eigenvalue weighted by atomic mass is 9.81. The lowest BCUT2D eigenvalue weighted by molar-refractivity contribution is -0.230. The minimum Gasteiger partial charge on any atom is -0.423 e. The number of carbonyl (C=O) groups is 1. The van der Waals surface area contributed by atoms with Crippen LogP contribution in [0.15, 0.2) is 18.2 Å². The fourth-order valence-corrected chi connectivity index (χ4v) is 5.21. The van der Waals surface area contributed by atoms with Gasteiger partial charge in [0, 0.05) is 11.8 Å². The van der Waals surface area contributed by atoms with E-state index < -0.39 is 5.82 Å². The van der Waals surface area contributed by atoms with Gasteiger partial charge in [0.25, 0.3) is 0 Å². The summed E-state index contributed by atoms with van der Waals surface area (Å²) < 4.78 is 32.1. The molecule has 4 nitrogen and oxygen atoms in total. The highest BCUT2D eigenvalue weighted by molar-refractivity contribution is 5.75. The van der Waals surface area contributed by atoms with Crippen molar-refractivity contribution in [1.29, 1.82) is 0 Å². The molecule has 1 aliphatic heterocycles. The molecule has 5 heteroatoms. The van der Waals surface area contributed by atoms with Crippen molar-refractivity contribution in [3.05, 3.63) is 29.6 Å². The van der Waals surface area contributed by atoms with E-state index in [0.717, 1.165) is 57.3 Å². The Bertz CT molecular complexity index is 721. The van der Waals surface area contributed by atoms with Gasteiger partial charge in [0.2, 0.25) is 0 Å². The first-order chi connectivity index (χ1) is 16.6. The number of benzene rings is 1. The van der Waals surface area contributed by atoms with Gasteiger partial charge in [-0.05, 0) is 62.6 Å². The summed E-state index contributed by atoms with van der Waals surface area (Å²) in [6.45, 7) is 5.98.